The van der Waals surface area contributed by atoms with Gasteiger partial charge in [0, 0.05) is 38.4 Å². The maximum atomic E-state index is 12.5. The second-order valence-electron chi connectivity index (χ2n) is 6.41. The number of nitrogens with zero attached hydrogens (tertiary/aromatic N) is 3. The normalized spacial score (nSPS) is 15.4. The summed E-state index contributed by atoms with van der Waals surface area (Å²) < 4.78 is 7.62. The van der Waals surface area contributed by atoms with Crippen molar-refractivity contribution in [2.45, 2.75) is 19.8 Å². The van der Waals surface area contributed by atoms with E-state index >= 15 is 0 Å². The van der Waals surface area contributed by atoms with E-state index in [-0.39, 0.29) is 11.8 Å². The maximum absolute atomic E-state index is 12.5. The molecule has 0 bridgehead atoms. The van der Waals surface area contributed by atoms with Gasteiger partial charge in [-0.15, -0.1) is 0 Å². The standard InChI is InChI=1S/C17H21BrN4O3/c1-11-7-14(18)25-15(11)17(24)22-5-3-12(4-6-22)8-19-16(23)13-9-20-21(2)10-13/h7,9-10,12H,3-6,8H2,1-2H3,(H,19,23). The Morgan fingerprint density at radius 3 is 2.68 bits per heavy atom. The number of carbonyl (C=O) groups excluding carboxylic acids is 2. The summed E-state index contributed by atoms with van der Waals surface area (Å²) in [6.45, 7) is 3.82. The SMILES string of the molecule is Cc1cc(Br)oc1C(=O)N1CCC(CNC(=O)c2cnn(C)c2)CC1. The fourth-order valence-corrected chi connectivity index (χ4v) is 3.52. The van der Waals surface area contributed by atoms with E-state index < -0.39 is 0 Å². The van der Waals surface area contributed by atoms with Crippen molar-refractivity contribution in [1.82, 2.24) is 20.0 Å². The lowest BCUT2D eigenvalue weighted by Gasteiger charge is -2.31. The summed E-state index contributed by atoms with van der Waals surface area (Å²) in [4.78, 5) is 26.4. The molecule has 8 heteroatoms. The number of hydrogen-bond acceptors (Lipinski definition) is 4. The number of halogens is 1. The van der Waals surface area contributed by atoms with Crippen LogP contribution in [0, 0.1) is 12.8 Å². The molecule has 2 amide bonds. The number of nitrogens with one attached hydrogen (secondary N) is 1. The second-order valence-corrected chi connectivity index (χ2v) is 7.19. The highest BCUT2D eigenvalue weighted by Gasteiger charge is 2.27. The minimum Gasteiger partial charge on any atom is -0.444 e. The summed E-state index contributed by atoms with van der Waals surface area (Å²) in [7, 11) is 1.78. The van der Waals surface area contributed by atoms with Crippen molar-refractivity contribution >= 4 is 27.7 Å². The molecule has 2 aromatic heterocycles. The molecule has 1 saturated heterocycles. The average Bonchev–Trinajstić information content (AvgIpc) is 3.17. The van der Waals surface area contributed by atoms with Gasteiger partial charge in [-0.2, -0.15) is 5.10 Å². The van der Waals surface area contributed by atoms with Gasteiger partial charge in [0.2, 0.25) is 0 Å². The van der Waals surface area contributed by atoms with Crippen LogP contribution in [0.2, 0.25) is 0 Å². The van der Waals surface area contributed by atoms with Gasteiger partial charge in [-0.25, -0.2) is 0 Å². The summed E-state index contributed by atoms with van der Waals surface area (Å²) in [5.74, 6) is 0.591. The third-order valence-corrected chi connectivity index (χ3v) is 4.89. The molecule has 0 unspecified atom stereocenters. The van der Waals surface area contributed by atoms with Gasteiger partial charge in [-0.3, -0.25) is 14.3 Å². The third kappa shape index (κ3) is 4.12. The van der Waals surface area contributed by atoms with Gasteiger partial charge in [0.15, 0.2) is 10.4 Å². The third-order valence-electron chi connectivity index (χ3n) is 4.50. The highest BCUT2D eigenvalue weighted by molar-refractivity contribution is 9.10. The quantitative estimate of drug-likeness (QED) is 0.841. The lowest BCUT2D eigenvalue weighted by Crippen LogP contribution is -2.41. The van der Waals surface area contributed by atoms with Crippen LogP contribution < -0.4 is 5.32 Å². The molecule has 1 fully saturated rings. The number of piperidine rings is 1. The van der Waals surface area contributed by atoms with Gasteiger partial charge in [0.1, 0.15) is 0 Å². The van der Waals surface area contributed by atoms with E-state index in [9.17, 15) is 9.59 Å². The van der Waals surface area contributed by atoms with Gasteiger partial charge in [-0.05, 0) is 47.7 Å². The molecular formula is C17H21BrN4O3. The molecule has 1 N–H and O–H groups in total. The molecule has 0 radical (unpaired) electrons. The maximum Gasteiger partial charge on any atom is 0.289 e. The summed E-state index contributed by atoms with van der Waals surface area (Å²) in [6, 6.07) is 1.80. The van der Waals surface area contributed by atoms with Crippen molar-refractivity contribution < 1.29 is 14.0 Å². The Morgan fingerprint density at radius 2 is 2.12 bits per heavy atom. The first-order valence-corrected chi connectivity index (χ1v) is 9.05. The molecule has 3 heterocycles. The van der Waals surface area contributed by atoms with Gasteiger partial charge >= 0.3 is 0 Å². The molecule has 1 aliphatic heterocycles. The zero-order valence-corrected chi connectivity index (χ0v) is 15.9. The first-order chi connectivity index (χ1) is 11.9. The van der Waals surface area contributed by atoms with Crippen LogP contribution in [-0.2, 0) is 7.05 Å². The molecule has 134 valence electrons. The summed E-state index contributed by atoms with van der Waals surface area (Å²) in [5.41, 5.74) is 1.40. The number of rotatable bonds is 4. The Bertz CT molecular complexity index is 775. The topological polar surface area (TPSA) is 80.4 Å². The molecule has 2 aromatic rings. The van der Waals surface area contributed by atoms with Gasteiger partial charge < -0.3 is 14.6 Å². The van der Waals surface area contributed by atoms with E-state index in [0.29, 0.717) is 41.5 Å². The number of aromatic nitrogens is 2. The van der Waals surface area contributed by atoms with E-state index in [1.165, 1.54) is 0 Å². The number of hydrogen-bond donors (Lipinski definition) is 1. The molecule has 0 aromatic carbocycles. The predicted octanol–water partition coefficient (Wildman–Crippen LogP) is 2.37. The fourth-order valence-electron chi connectivity index (χ4n) is 3.02. The molecular weight excluding hydrogens is 388 g/mol. The van der Waals surface area contributed by atoms with E-state index in [4.69, 9.17) is 4.42 Å². The van der Waals surface area contributed by atoms with Crippen molar-refractivity contribution in [2.75, 3.05) is 19.6 Å². The average molecular weight is 409 g/mol. The predicted molar refractivity (Wildman–Crippen MR) is 95.3 cm³/mol. The highest BCUT2D eigenvalue weighted by Crippen LogP contribution is 2.24. The summed E-state index contributed by atoms with van der Waals surface area (Å²) >= 11 is 3.26. The van der Waals surface area contributed by atoms with Crippen molar-refractivity contribution in [3.63, 3.8) is 0 Å². The van der Waals surface area contributed by atoms with Crippen LogP contribution in [0.15, 0.2) is 27.5 Å². The number of carbonyl (C=O) groups is 2. The van der Waals surface area contributed by atoms with E-state index in [1.54, 1.807) is 30.2 Å². The fraction of sp³-hybridized carbons (Fsp3) is 0.471. The molecule has 0 spiro atoms. The first-order valence-electron chi connectivity index (χ1n) is 8.26. The largest absolute Gasteiger partial charge is 0.444 e. The van der Waals surface area contributed by atoms with Crippen LogP contribution in [0.4, 0.5) is 0 Å². The number of amides is 2. The zero-order valence-electron chi connectivity index (χ0n) is 14.3. The first kappa shape index (κ1) is 17.7. The Kier molecular flexibility index (Phi) is 5.27. The number of aryl methyl sites for hydroxylation is 2. The minimum atomic E-state index is -0.109. The highest BCUT2D eigenvalue weighted by atomic mass is 79.9. The van der Waals surface area contributed by atoms with Crippen molar-refractivity contribution in [3.05, 3.63) is 40.0 Å². The smallest absolute Gasteiger partial charge is 0.289 e. The molecule has 7 nitrogen and oxygen atoms in total. The zero-order chi connectivity index (χ0) is 18.0. The van der Waals surface area contributed by atoms with Crippen LogP contribution in [0.3, 0.4) is 0 Å². The Balaban J connectivity index is 1.48. The summed E-state index contributed by atoms with van der Waals surface area (Å²) in [5, 5.41) is 6.95. The lowest BCUT2D eigenvalue weighted by atomic mass is 9.96. The van der Waals surface area contributed by atoms with Crippen LogP contribution in [0.1, 0.15) is 39.3 Å². The van der Waals surface area contributed by atoms with Crippen LogP contribution in [0.25, 0.3) is 0 Å². The van der Waals surface area contributed by atoms with Gasteiger partial charge in [-0.1, -0.05) is 0 Å². The Labute approximate surface area is 154 Å². The van der Waals surface area contributed by atoms with Crippen LogP contribution in [0.5, 0.6) is 0 Å². The molecule has 0 atom stereocenters. The van der Waals surface area contributed by atoms with Gasteiger partial charge in [0.25, 0.3) is 11.8 Å². The van der Waals surface area contributed by atoms with E-state index in [0.717, 1.165) is 18.4 Å². The number of likely N-dealkylation sites (tertiary alicyclic amines) is 1. The molecule has 0 saturated carbocycles. The van der Waals surface area contributed by atoms with Crippen LogP contribution >= 0.6 is 15.9 Å². The van der Waals surface area contributed by atoms with E-state index in [2.05, 4.69) is 26.3 Å². The van der Waals surface area contributed by atoms with Crippen molar-refractivity contribution in [1.29, 1.82) is 0 Å². The molecule has 25 heavy (non-hydrogen) atoms. The Morgan fingerprint density at radius 1 is 1.40 bits per heavy atom. The second kappa shape index (κ2) is 7.43. The van der Waals surface area contributed by atoms with Crippen molar-refractivity contribution in [3.8, 4) is 0 Å². The Hall–Kier alpha value is -2.09. The molecule has 0 aliphatic carbocycles. The minimum absolute atomic E-state index is 0.0685. The van der Waals surface area contributed by atoms with Crippen LogP contribution in [-0.4, -0.2) is 46.1 Å². The van der Waals surface area contributed by atoms with Gasteiger partial charge in [0.05, 0.1) is 11.8 Å². The number of furan rings is 1. The lowest BCUT2D eigenvalue weighted by molar-refractivity contribution is 0.0651. The summed E-state index contributed by atoms with van der Waals surface area (Å²) in [6.07, 6.45) is 4.97. The molecule has 1 aliphatic rings. The van der Waals surface area contributed by atoms with E-state index in [1.807, 2.05) is 11.8 Å². The van der Waals surface area contributed by atoms with Crippen molar-refractivity contribution in [2.24, 2.45) is 13.0 Å². The monoisotopic (exact) mass is 408 g/mol. The molecule has 3 rings (SSSR count).